The lowest BCUT2D eigenvalue weighted by Gasteiger charge is -2.06. The third-order valence-electron chi connectivity index (χ3n) is 1.65. The summed E-state index contributed by atoms with van der Waals surface area (Å²) in [6.45, 7) is 2.24. The van der Waals surface area contributed by atoms with Gasteiger partial charge in [0.25, 0.3) is 0 Å². The average Bonchev–Trinajstić information content (AvgIpc) is 2.20. The summed E-state index contributed by atoms with van der Waals surface area (Å²) in [5, 5.41) is 8.96. The second kappa shape index (κ2) is 4.64. The molecule has 0 amide bonds. The van der Waals surface area contributed by atoms with Gasteiger partial charge in [0.1, 0.15) is 11.8 Å². The molecule has 0 aliphatic rings. The number of hydrogen-bond donors (Lipinski definition) is 0. The minimum atomic E-state index is 0.262. The van der Waals surface area contributed by atoms with E-state index in [2.05, 4.69) is 0 Å². The maximum absolute atomic E-state index is 10.6. The van der Waals surface area contributed by atoms with Gasteiger partial charge < -0.3 is 4.74 Å². The summed E-state index contributed by atoms with van der Waals surface area (Å²) in [4.78, 5) is 10.6. The molecule has 3 nitrogen and oxygen atoms in total. The van der Waals surface area contributed by atoms with Crippen LogP contribution in [0.2, 0.25) is 5.02 Å². The minimum absolute atomic E-state index is 0.262. The molecule has 0 spiro atoms. The molecular weight excluding hydrogens is 202 g/mol. The molecule has 0 N–H and O–H groups in total. The predicted octanol–water partition coefficient (Wildman–Crippen LogP) is 2.42. The Morgan fingerprint density at radius 2 is 2.36 bits per heavy atom. The predicted molar refractivity (Wildman–Crippen MR) is 52.7 cm³/mol. The highest BCUT2D eigenvalue weighted by Crippen LogP contribution is 2.25. The molecule has 0 fully saturated rings. The number of nitriles is 1. The highest BCUT2D eigenvalue weighted by Gasteiger charge is 2.08. The van der Waals surface area contributed by atoms with E-state index < -0.39 is 0 Å². The summed E-state index contributed by atoms with van der Waals surface area (Å²) in [5.74, 6) is 0.392. The van der Waals surface area contributed by atoms with Gasteiger partial charge in [0, 0.05) is 6.07 Å². The van der Waals surface area contributed by atoms with Crippen molar-refractivity contribution in [2.75, 3.05) is 6.61 Å². The van der Waals surface area contributed by atoms with Gasteiger partial charge in [-0.3, -0.25) is 4.79 Å². The van der Waals surface area contributed by atoms with Gasteiger partial charge in [0.15, 0.2) is 6.29 Å². The SMILES string of the molecule is CCOc1cc(C#N)c(Cl)cc1C=O. The van der Waals surface area contributed by atoms with Crippen molar-refractivity contribution in [2.24, 2.45) is 0 Å². The third kappa shape index (κ3) is 2.04. The summed E-state index contributed by atoms with van der Waals surface area (Å²) in [6, 6.07) is 4.81. The number of nitrogens with zero attached hydrogens (tertiary/aromatic N) is 1. The average molecular weight is 210 g/mol. The molecular formula is C10H8ClNO2. The van der Waals surface area contributed by atoms with Gasteiger partial charge in [0.2, 0.25) is 0 Å². The van der Waals surface area contributed by atoms with E-state index in [0.29, 0.717) is 29.8 Å². The van der Waals surface area contributed by atoms with E-state index in [4.69, 9.17) is 21.6 Å². The highest BCUT2D eigenvalue weighted by molar-refractivity contribution is 6.32. The molecule has 0 bridgehead atoms. The molecule has 0 aliphatic heterocycles. The number of rotatable bonds is 3. The van der Waals surface area contributed by atoms with Crippen LogP contribution >= 0.6 is 11.6 Å². The van der Waals surface area contributed by atoms with Crippen molar-refractivity contribution in [1.29, 1.82) is 5.26 Å². The van der Waals surface area contributed by atoms with Crippen LogP contribution in [-0.2, 0) is 0 Å². The fourth-order valence-corrected chi connectivity index (χ4v) is 1.24. The molecule has 0 unspecified atom stereocenters. The van der Waals surface area contributed by atoms with Crippen LogP contribution < -0.4 is 4.74 Å². The van der Waals surface area contributed by atoms with E-state index in [1.165, 1.54) is 12.1 Å². The van der Waals surface area contributed by atoms with Gasteiger partial charge in [0.05, 0.1) is 22.8 Å². The van der Waals surface area contributed by atoms with Crippen molar-refractivity contribution in [1.82, 2.24) is 0 Å². The van der Waals surface area contributed by atoms with Crippen LogP contribution in [0.25, 0.3) is 0 Å². The molecule has 1 aromatic rings. The number of benzene rings is 1. The number of carbonyl (C=O) groups is 1. The third-order valence-corrected chi connectivity index (χ3v) is 1.96. The van der Waals surface area contributed by atoms with Crippen LogP contribution in [0, 0.1) is 11.3 Å². The molecule has 0 heterocycles. The fraction of sp³-hybridized carbons (Fsp3) is 0.200. The summed E-state index contributed by atoms with van der Waals surface area (Å²) < 4.78 is 5.18. The maximum atomic E-state index is 10.6. The van der Waals surface area contributed by atoms with E-state index in [1.54, 1.807) is 6.92 Å². The summed E-state index contributed by atoms with van der Waals surface area (Å²) >= 11 is 5.74. The van der Waals surface area contributed by atoms with Crippen molar-refractivity contribution >= 4 is 17.9 Å². The van der Waals surface area contributed by atoms with Crippen LogP contribution in [0.3, 0.4) is 0 Å². The smallest absolute Gasteiger partial charge is 0.153 e. The quantitative estimate of drug-likeness (QED) is 0.719. The van der Waals surface area contributed by atoms with E-state index in [1.807, 2.05) is 6.07 Å². The molecule has 0 saturated carbocycles. The van der Waals surface area contributed by atoms with Crippen LogP contribution in [0.1, 0.15) is 22.8 Å². The number of halogens is 1. The Hall–Kier alpha value is -1.53. The van der Waals surface area contributed by atoms with Crippen molar-refractivity contribution in [3.05, 3.63) is 28.3 Å². The Bertz CT molecular complexity index is 396. The Labute approximate surface area is 86.9 Å². The molecule has 72 valence electrons. The Morgan fingerprint density at radius 1 is 1.64 bits per heavy atom. The fourth-order valence-electron chi connectivity index (χ4n) is 1.03. The molecule has 1 rings (SSSR count). The second-order valence-electron chi connectivity index (χ2n) is 2.53. The van der Waals surface area contributed by atoms with Crippen LogP contribution in [0.15, 0.2) is 12.1 Å². The lowest BCUT2D eigenvalue weighted by Crippen LogP contribution is -1.97. The lowest BCUT2D eigenvalue weighted by molar-refractivity contribution is 0.112. The largest absolute Gasteiger partial charge is 0.493 e. The summed E-state index contributed by atoms with van der Waals surface area (Å²) in [7, 11) is 0. The monoisotopic (exact) mass is 209 g/mol. The normalized spacial score (nSPS) is 9.21. The van der Waals surface area contributed by atoms with Crippen LogP contribution in [0.5, 0.6) is 5.75 Å². The number of ether oxygens (including phenoxy) is 1. The van der Waals surface area contributed by atoms with Gasteiger partial charge in [-0.25, -0.2) is 0 Å². The Morgan fingerprint density at radius 3 is 2.86 bits per heavy atom. The zero-order chi connectivity index (χ0) is 10.6. The van der Waals surface area contributed by atoms with E-state index in [0.717, 1.165) is 0 Å². The molecule has 0 saturated heterocycles. The molecule has 14 heavy (non-hydrogen) atoms. The highest BCUT2D eigenvalue weighted by atomic mass is 35.5. The van der Waals surface area contributed by atoms with Gasteiger partial charge >= 0.3 is 0 Å². The summed E-state index contributed by atoms with van der Waals surface area (Å²) in [6.07, 6.45) is 0.651. The zero-order valence-electron chi connectivity index (χ0n) is 7.58. The first kappa shape index (κ1) is 10.6. The zero-order valence-corrected chi connectivity index (χ0v) is 8.34. The number of aldehydes is 1. The van der Waals surface area contributed by atoms with Crippen LogP contribution in [-0.4, -0.2) is 12.9 Å². The van der Waals surface area contributed by atoms with Gasteiger partial charge in [-0.1, -0.05) is 11.6 Å². The molecule has 0 aromatic heterocycles. The Kier molecular flexibility index (Phi) is 3.49. The summed E-state index contributed by atoms with van der Waals surface area (Å²) in [5.41, 5.74) is 0.663. The van der Waals surface area contributed by atoms with Crippen LogP contribution in [0.4, 0.5) is 0 Å². The van der Waals surface area contributed by atoms with Crippen molar-refractivity contribution in [3.63, 3.8) is 0 Å². The van der Waals surface area contributed by atoms with Crippen molar-refractivity contribution < 1.29 is 9.53 Å². The molecule has 1 aromatic carbocycles. The molecule has 0 radical (unpaired) electrons. The van der Waals surface area contributed by atoms with E-state index in [9.17, 15) is 4.79 Å². The first-order chi connectivity index (χ1) is 6.72. The standard InChI is InChI=1S/C10H8ClNO2/c1-2-14-10-4-7(5-12)9(11)3-8(10)6-13/h3-4,6H,2H2,1H3. The molecule has 0 atom stereocenters. The Balaban J connectivity index is 3.26. The number of hydrogen-bond acceptors (Lipinski definition) is 3. The van der Waals surface area contributed by atoms with E-state index >= 15 is 0 Å². The second-order valence-corrected chi connectivity index (χ2v) is 2.94. The molecule has 4 heteroatoms. The van der Waals surface area contributed by atoms with Gasteiger partial charge in [-0.15, -0.1) is 0 Å². The van der Waals surface area contributed by atoms with Crippen molar-refractivity contribution in [2.45, 2.75) is 6.92 Å². The maximum Gasteiger partial charge on any atom is 0.153 e. The first-order valence-electron chi connectivity index (χ1n) is 4.04. The lowest BCUT2D eigenvalue weighted by atomic mass is 10.1. The van der Waals surface area contributed by atoms with Gasteiger partial charge in [-0.2, -0.15) is 5.26 Å². The van der Waals surface area contributed by atoms with Gasteiger partial charge in [-0.05, 0) is 13.0 Å². The molecule has 0 aliphatic carbocycles. The van der Waals surface area contributed by atoms with E-state index in [-0.39, 0.29) is 5.02 Å². The first-order valence-corrected chi connectivity index (χ1v) is 4.42. The topological polar surface area (TPSA) is 50.1 Å². The minimum Gasteiger partial charge on any atom is -0.493 e. The number of carbonyl (C=O) groups excluding carboxylic acids is 1. The van der Waals surface area contributed by atoms with Crippen molar-refractivity contribution in [3.8, 4) is 11.8 Å².